The van der Waals surface area contributed by atoms with E-state index in [-0.39, 0.29) is 17.9 Å². The van der Waals surface area contributed by atoms with Crippen molar-refractivity contribution in [2.45, 2.75) is 38.5 Å². The molecule has 142 valence electrons. The number of carbonyl (C=O) groups is 2. The number of anilines is 1. The molecular formula is C21H25N3O3. The zero-order chi connectivity index (χ0) is 19.2. The molecule has 0 radical (unpaired) electrons. The molecule has 6 heteroatoms. The molecule has 0 saturated carbocycles. The molecule has 2 aromatic carbocycles. The first-order valence-corrected chi connectivity index (χ1v) is 9.15. The van der Waals surface area contributed by atoms with Crippen LogP contribution in [0.1, 0.15) is 34.3 Å². The quantitative estimate of drug-likeness (QED) is 0.731. The summed E-state index contributed by atoms with van der Waals surface area (Å²) < 4.78 is 5.60. The minimum atomic E-state index is -0.428. The molecule has 27 heavy (non-hydrogen) atoms. The highest BCUT2D eigenvalue weighted by Gasteiger charge is 2.29. The van der Waals surface area contributed by atoms with Crippen LogP contribution in [0.3, 0.4) is 0 Å². The van der Waals surface area contributed by atoms with Crippen molar-refractivity contribution >= 4 is 17.5 Å². The highest BCUT2D eigenvalue weighted by Crippen LogP contribution is 2.19. The lowest BCUT2D eigenvalue weighted by Gasteiger charge is -2.13. The number of nitrogens with two attached hydrogens (primary N) is 1. The van der Waals surface area contributed by atoms with Crippen LogP contribution in [0.2, 0.25) is 0 Å². The topological polar surface area (TPSA) is 93.5 Å². The fourth-order valence-corrected chi connectivity index (χ4v) is 3.04. The highest BCUT2D eigenvalue weighted by molar-refractivity contribution is 6.04. The summed E-state index contributed by atoms with van der Waals surface area (Å²) in [5, 5.41) is 5.77. The van der Waals surface area contributed by atoms with Crippen LogP contribution in [0, 0.1) is 6.92 Å². The van der Waals surface area contributed by atoms with Gasteiger partial charge in [0.25, 0.3) is 5.91 Å². The molecule has 3 rings (SSSR count). The summed E-state index contributed by atoms with van der Waals surface area (Å²) in [5.41, 5.74) is 8.87. The Kier molecular flexibility index (Phi) is 6.21. The molecule has 1 aliphatic rings. The van der Waals surface area contributed by atoms with Gasteiger partial charge in [0.05, 0.1) is 6.10 Å². The van der Waals surface area contributed by atoms with Gasteiger partial charge < -0.3 is 21.1 Å². The van der Waals surface area contributed by atoms with E-state index in [2.05, 4.69) is 10.6 Å². The van der Waals surface area contributed by atoms with Crippen LogP contribution in [-0.2, 0) is 16.1 Å². The smallest absolute Gasteiger partial charge is 0.255 e. The Balaban J connectivity index is 1.55. The SMILES string of the molecule is Cc1ccc(C(=O)Nc2cccc(CNC(=O)[C@@H]3CC[C@H](CN)O3)c2)cc1. The molecule has 2 atom stereocenters. The number of hydrogen-bond acceptors (Lipinski definition) is 4. The normalized spacial score (nSPS) is 18.9. The summed E-state index contributed by atoms with van der Waals surface area (Å²) in [6, 6.07) is 14.8. The molecule has 0 bridgehead atoms. The standard InChI is InChI=1S/C21H25N3O3/c1-14-5-7-16(8-6-14)20(25)24-17-4-2-3-15(11-17)13-23-21(26)19-10-9-18(12-22)27-19/h2-8,11,18-19H,9-10,12-13,22H2,1H3,(H,23,26)(H,24,25)/t18-,19+/m1/s1. The van der Waals surface area contributed by atoms with E-state index in [9.17, 15) is 9.59 Å². The Morgan fingerprint density at radius 1 is 1.15 bits per heavy atom. The maximum absolute atomic E-state index is 12.3. The number of nitrogens with one attached hydrogen (secondary N) is 2. The van der Waals surface area contributed by atoms with Crippen LogP contribution in [0.25, 0.3) is 0 Å². The van der Waals surface area contributed by atoms with Crippen LogP contribution >= 0.6 is 0 Å². The monoisotopic (exact) mass is 367 g/mol. The summed E-state index contributed by atoms with van der Waals surface area (Å²) in [6.45, 7) is 2.79. The minimum Gasteiger partial charge on any atom is -0.364 e. The summed E-state index contributed by atoms with van der Waals surface area (Å²) in [7, 11) is 0. The van der Waals surface area contributed by atoms with Gasteiger partial charge in [-0.15, -0.1) is 0 Å². The summed E-state index contributed by atoms with van der Waals surface area (Å²) >= 11 is 0. The van der Waals surface area contributed by atoms with Crippen molar-refractivity contribution in [2.75, 3.05) is 11.9 Å². The average molecular weight is 367 g/mol. The van der Waals surface area contributed by atoms with Crippen molar-refractivity contribution < 1.29 is 14.3 Å². The largest absolute Gasteiger partial charge is 0.364 e. The van der Waals surface area contributed by atoms with Crippen molar-refractivity contribution in [3.8, 4) is 0 Å². The van der Waals surface area contributed by atoms with Crippen LogP contribution < -0.4 is 16.4 Å². The minimum absolute atomic E-state index is 0.0268. The molecule has 0 aromatic heterocycles. The van der Waals surface area contributed by atoms with E-state index in [0.717, 1.165) is 17.5 Å². The van der Waals surface area contributed by atoms with Crippen LogP contribution in [-0.4, -0.2) is 30.6 Å². The fraction of sp³-hybridized carbons (Fsp3) is 0.333. The lowest BCUT2D eigenvalue weighted by molar-refractivity contribution is -0.132. The molecule has 0 aliphatic carbocycles. The van der Waals surface area contributed by atoms with Gasteiger partial charge in [-0.3, -0.25) is 9.59 Å². The van der Waals surface area contributed by atoms with Gasteiger partial charge in [0.15, 0.2) is 0 Å². The molecule has 1 aliphatic heterocycles. The van der Waals surface area contributed by atoms with E-state index < -0.39 is 6.10 Å². The van der Waals surface area contributed by atoms with Gasteiger partial charge in [0.1, 0.15) is 6.10 Å². The van der Waals surface area contributed by atoms with Gasteiger partial charge >= 0.3 is 0 Å². The number of aryl methyl sites for hydroxylation is 1. The molecule has 0 unspecified atom stereocenters. The van der Waals surface area contributed by atoms with E-state index in [1.54, 1.807) is 12.1 Å². The Morgan fingerprint density at radius 2 is 1.93 bits per heavy atom. The van der Waals surface area contributed by atoms with Crippen molar-refractivity contribution in [2.24, 2.45) is 5.73 Å². The molecule has 4 N–H and O–H groups in total. The lowest BCUT2D eigenvalue weighted by Crippen LogP contribution is -2.35. The van der Waals surface area contributed by atoms with E-state index in [4.69, 9.17) is 10.5 Å². The average Bonchev–Trinajstić information content (AvgIpc) is 3.16. The van der Waals surface area contributed by atoms with E-state index >= 15 is 0 Å². The van der Waals surface area contributed by atoms with Crippen LogP contribution in [0.4, 0.5) is 5.69 Å². The molecule has 6 nitrogen and oxygen atoms in total. The second-order valence-electron chi connectivity index (χ2n) is 6.80. The highest BCUT2D eigenvalue weighted by atomic mass is 16.5. The maximum Gasteiger partial charge on any atom is 0.255 e. The van der Waals surface area contributed by atoms with Gasteiger partial charge in [-0.2, -0.15) is 0 Å². The summed E-state index contributed by atoms with van der Waals surface area (Å²) in [4.78, 5) is 24.5. The van der Waals surface area contributed by atoms with Gasteiger partial charge in [-0.05, 0) is 49.6 Å². The molecule has 2 aromatic rings. The Labute approximate surface area is 159 Å². The molecule has 2 amide bonds. The van der Waals surface area contributed by atoms with Crippen molar-refractivity contribution in [1.29, 1.82) is 0 Å². The molecule has 0 spiro atoms. The number of ether oxygens (including phenoxy) is 1. The second-order valence-corrected chi connectivity index (χ2v) is 6.80. The fourth-order valence-electron chi connectivity index (χ4n) is 3.04. The van der Waals surface area contributed by atoms with E-state index in [1.165, 1.54) is 0 Å². The van der Waals surface area contributed by atoms with Gasteiger partial charge in [-0.1, -0.05) is 29.8 Å². The van der Waals surface area contributed by atoms with Gasteiger partial charge in [-0.25, -0.2) is 0 Å². The van der Waals surface area contributed by atoms with E-state index in [0.29, 0.717) is 30.8 Å². The maximum atomic E-state index is 12.3. The van der Waals surface area contributed by atoms with Crippen LogP contribution in [0.15, 0.2) is 48.5 Å². The van der Waals surface area contributed by atoms with Crippen LogP contribution in [0.5, 0.6) is 0 Å². The lowest BCUT2D eigenvalue weighted by atomic mass is 10.1. The first-order chi connectivity index (χ1) is 13.0. The predicted molar refractivity (Wildman–Crippen MR) is 104 cm³/mol. The zero-order valence-electron chi connectivity index (χ0n) is 15.4. The van der Waals surface area contributed by atoms with Gasteiger partial charge in [0.2, 0.25) is 5.91 Å². The third kappa shape index (κ3) is 5.15. The molecular weight excluding hydrogens is 342 g/mol. The summed E-state index contributed by atoms with van der Waals surface area (Å²) in [6.07, 6.45) is 1.05. The second kappa shape index (κ2) is 8.79. The van der Waals surface area contributed by atoms with Crippen molar-refractivity contribution in [1.82, 2.24) is 5.32 Å². The Bertz CT molecular complexity index is 805. The predicted octanol–water partition coefficient (Wildman–Crippen LogP) is 2.37. The third-order valence-electron chi connectivity index (χ3n) is 4.63. The first kappa shape index (κ1) is 19.1. The number of rotatable bonds is 6. The Hall–Kier alpha value is -2.70. The third-order valence-corrected chi connectivity index (χ3v) is 4.63. The zero-order valence-corrected chi connectivity index (χ0v) is 15.4. The van der Waals surface area contributed by atoms with Crippen molar-refractivity contribution in [3.63, 3.8) is 0 Å². The number of benzene rings is 2. The van der Waals surface area contributed by atoms with Crippen molar-refractivity contribution in [3.05, 3.63) is 65.2 Å². The molecule has 1 heterocycles. The molecule has 1 fully saturated rings. The number of amides is 2. The van der Waals surface area contributed by atoms with Gasteiger partial charge in [0, 0.05) is 24.3 Å². The number of carbonyl (C=O) groups excluding carboxylic acids is 2. The first-order valence-electron chi connectivity index (χ1n) is 9.15. The summed E-state index contributed by atoms with van der Waals surface area (Å²) in [5.74, 6) is -0.289. The molecule has 1 saturated heterocycles. The van der Waals surface area contributed by atoms with E-state index in [1.807, 2.05) is 43.3 Å². The Morgan fingerprint density at radius 3 is 2.63 bits per heavy atom. The number of hydrogen-bond donors (Lipinski definition) is 3.